The fraction of sp³-hybridized carbons (Fsp3) is 0.474. The number of hydrazine groups is 1. The van der Waals surface area contributed by atoms with Crippen molar-refractivity contribution in [3.05, 3.63) is 41.2 Å². The standard InChI is InChI=1S/C11H12FN.C8H18N4O2/c1-8-2-3-10(11(12)6-8)9-4-5-13-7-9;1-5(2)3-6(8(13)14)4-7(9)11-12-10/h2-4,6,13H,5,7H2,1H3;5-6,12H,3-4,10H2,1-2H3,(H2,9,11)(H,13,14). The average Bonchev–Trinajstić information content (AvgIpc) is 3.08. The maximum Gasteiger partial charge on any atom is 0.306 e. The molecule has 0 aromatic heterocycles. The van der Waals surface area contributed by atoms with Gasteiger partial charge in [-0.2, -0.15) is 5.10 Å². The van der Waals surface area contributed by atoms with Crippen molar-refractivity contribution in [2.75, 3.05) is 13.1 Å². The van der Waals surface area contributed by atoms with Gasteiger partial charge < -0.3 is 16.2 Å². The summed E-state index contributed by atoms with van der Waals surface area (Å²) in [6, 6.07) is 5.37. The zero-order chi connectivity index (χ0) is 20.4. The monoisotopic (exact) mass is 379 g/mol. The van der Waals surface area contributed by atoms with Crippen molar-refractivity contribution in [1.82, 2.24) is 10.9 Å². The fourth-order valence-corrected chi connectivity index (χ4v) is 2.78. The van der Waals surface area contributed by atoms with Gasteiger partial charge in [0.2, 0.25) is 0 Å². The number of carboxylic acid groups (broad SMARTS) is 1. The third kappa shape index (κ3) is 8.19. The molecule has 1 aromatic carbocycles. The van der Waals surface area contributed by atoms with Crippen LogP contribution in [0, 0.1) is 24.6 Å². The molecule has 0 fully saturated rings. The zero-order valence-corrected chi connectivity index (χ0v) is 16.1. The second-order valence-electron chi connectivity index (χ2n) is 6.94. The first-order valence-electron chi connectivity index (χ1n) is 8.91. The molecule has 0 aliphatic carbocycles. The Morgan fingerprint density at radius 3 is 2.63 bits per heavy atom. The zero-order valence-electron chi connectivity index (χ0n) is 16.1. The number of nitrogens with two attached hydrogens (primary N) is 2. The Labute approximate surface area is 159 Å². The summed E-state index contributed by atoms with van der Waals surface area (Å²) in [6.45, 7) is 7.45. The Bertz CT molecular complexity index is 689. The third-order valence-corrected chi connectivity index (χ3v) is 4.05. The first-order chi connectivity index (χ1) is 12.7. The summed E-state index contributed by atoms with van der Waals surface area (Å²) >= 11 is 0. The number of hydrogen-bond donors (Lipinski definition) is 5. The van der Waals surface area contributed by atoms with Crippen molar-refractivity contribution in [2.24, 2.45) is 28.5 Å². The number of hydrazone groups is 1. The minimum Gasteiger partial charge on any atom is -0.481 e. The number of aryl methyl sites for hydroxylation is 1. The number of halogens is 1. The van der Waals surface area contributed by atoms with Gasteiger partial charge in [-0.3, -0.25) is 4.79 Å². The molecular formula is C19H30FN5O2. The smallest absolute Gasteiger partial charge is 0.306 e. The Balaban J connectivity index is 0.000000270. The largest absolute Gasteiger partial charge is 0.481 e. The van der Waals surface area contributed by atoms with E-state index in [4.69, 9.17) is 16.7 Å². The van der Waals surface area contributed by atoms with Gasteiger partial charge in [0.05, 0.1) is 5.92 Å². The molecule has 1 atom stereocenters. The lowest BCUT2D eigenvalue weighted by molar-refractivity contribution is -0.142. The second-order valence-corrected chi connectivity index (χ2v) is 6.94. The number of rotatable bonds is 7. The van der Waals surface area contributed by atoms with Crippen molar-refractivity contribution >= 4 is 17.4 Å². The topological polar surface area (TPSA) is 126 Å². The number of carbonyl (C=O) groups is 1. The van der Waals surface area contributed by atoms with Crippen LogP contribution < -0.4 is 22.4 Å². The fourth-order valence-electron chi connectivity index (χ4n) is 2.78. The predicted octanol–water partition coefficient (Wildman–Crippen LogP) is 1.98. The van der Waals surface area contributed by atoms with Gasteiger partial charge >= 0.3 is 5.97 Å². The second kappa shape index (κ2) is 11.3. The van der Waals surface area contributed by atoms with Crippen molar-refractivity contribution in [1.29, 1.82) is 0 Å². The van der Waals surface area contributed by atoms with Crippen LogP contribution in [-0.2, 0) is 4.79 Å². The molecule has 27 heavy (non-hydrogen) atoms. The SMILES string of the molecule is CC(C)CC(C/C(N)=N/NN)C(=O)O.Cc1ccc(C2=CCNC2)c(F)c1. The highest BCUT2D eigenvalue weighted by Crippen LogP contribution is 2.20. The molecule has 0 saturated carbocycles. The molecule has 0 bridgehead atoms. The molecule has 0 spiro atoms. The van der Waals surface area contributed by atoms with E-state index in [9.17, 15) is 9.18 Å². The summed E-state index contributed by atoms with van der Waals surface area (Å²) in [7, 11) is 0. The van der Waals surface area contributed by atoms with Crippen molar-refractivity contribution in [3.8, 4) is 0 Å². The molecule has 150 valence electrons. The third-order valence-electron chi connectivity index (χ3n) is 4.05. The van der Waals surface area contributed by atoms with Gasteiger partial charge in [-0.25, -0.2) is 15.8 Å². The van der Waals surface area contributed by atoms with Crippen LogP contribution in [-0.4, -0.2) is 30.0 Å². The summed E-state index contributed by atoms with van der Waals surface area (Å²) in [5.41, 5.74) is 10.2. The highest BCUT2D eigenvalue weighted by atomic mass is 19.1. The lowest BCUT2D eigenvalue weighted by Crippen LogP contribution is -2.27. The van der Waals surface area contributed by atoms with Gasteiger partial charge in [0, 0.05) is 25.1 Å². The highest BCUT2D eigenvalue weighted by molar-refractivity contribution is 5.84. The first-order valence-corrected chi connectivity index (χ1v) is 8.91. The lowest BCUT2D eigenvalue weighted by atomic mass is 9.94. The maximum atomic E-state index is 13.4. The normalized spacial score (nSPS) is 15.0. The van der Waals surface area contributed by atoms with E-state index in [0.29, 0.717) is 12.3 Å². The number of hydrogen-bond acceptors (Lipinski definition) is 5. The molecular weight excluding hydrogens is 349 g/mol. The van der Waals surface area contributed by atoms with Gasteiger partial charge in [0.1, 0.15) is 11.7 Å². The molecule has 0 radical (unpaired) electrons. The van der Waals surface area contributed by atoms with E-state index >= 15 is 0 Å². The quantitative estimate of drug-likeness (QED) is 0.213. The van der Waals surface area contributed by atoms with Crippen LogP contribution in [0.15, 0.2) is 29.4 Å². The van der Waals surface area contributed by atoms with Crippen LogP contribution in [0.4, 0.5) is 4.39 Å². The molecule has 0 amide bonds. The molecule has 1 aromatic rings. The molecule has 8 heteroatoms. The van der Waals surface area contributed by atoms with E-state index in [1.165, 1.54) is 0 Å². The molecule has 1 aliphatic rings. The minimum absolute atomic E-state index is 0.116. The highest BCUT2D eigenvalue weighted by Gasteiger charge is 2.20. The Morgan fingerprint density at radius 2 is 2.15 bits per heavy atom. The van der Waals surface area contributed by atoms with Crippen LogP contribution in [0.2, 0.25) is 0 Å². The Hall–Kier alpha value is -2.45. The van der Waals surface area contributed by atoms with Gasteiger partial charge in [-0.15, -0.1) is 0 Å². The van der Waals surface area contributed by atoms with Crippen molar-refractivity contribution in [2.45, 2.75) is 33.6 Å². The summed E-state index contributed by atoms with van der Waals surface area (Å²) in [4.78, 5) is 10.8. The number of aliphatic carboxylic acids is 1. The summed E-state index contributed by atoms with van der Waals surface area (Å²) in [5.74, 6) is 3.98. The minimum atomic E-state index is -0.853. The van der Waals surface area contributed by atoms with E-state index in [1.54, 1.807) is 6.07 Å². The number of carboxylic acids is 1. The molecule has 1 unspecified atom stereocenters. The predicted molar refractivity (Wildman–Crippen MR) is 106 cm³/mol. The van der Waals surface area contributed by atoms with Crippen LogP contribution in [0.1, 0.15) is 37.8 Å². The molecule has 0 saturated heterocycles. The number of nitrogens with one attached hydrogen (secondary N) is 2. The van der Waals surface area contributed by atoms with Crippen LogP contribution in [0.5, 0.6) is 0 Å². The van der Waals surface area contributed by atoms with Gasteiger partial charge in [-0.1, -0.05) is 32.1 Å². The van der Waals surface area contributed by atoms with Crippen LogP contribution >= 0.6 is 0 Å². The summed E-state index contributed by atoms with van der Waals surface area (Å²) in [6.07, 6.45) is 2.83. The van der Waals surface area contributed by atoms with Gasteiger partial charge in [0.25, 0.3) is 0 Å². The van der Waals surface area contributed by atoms with E-state index in [2.05, 4.69) is 10.4 Å². The van der Waals surface area contributed by atoms with Crippen molar-refractivity contribution < 1.29 is 14.3 Å². The van der Waals surface area contributed by atoms with Gasteiger partial charge in [-0.05, 0) is 36.5 Å². The van der Waals surface area contributed by atoms with Gasteiger partial charge in [0.15, 0.2) is 0 Å². The van der Waals surface area contributed by atoms with E-state index in [-0.39, 0.29) is 18.1 Å². The summed E-state index contributed by atoms with van der Waals surface area (Å²) < 4.78 is 13.4. The first kappa shape index (κ1) is 22.6. The van der Waals surface area contributed by atoms with Crippen LogP contribution in [0.25, 0.3) is 5.57 Å². The van der Waals surface area contributed by atoms with E-state index < -0.39 is 11.9 Å². The average molecular weight is 379 g/mol. The maximum absolute atomic E-state index is 13.4. The molecule has 7 nitrogen and oxygen atoms in total. The Kier molecular flexibility index (Phi) is 9.46. The lowest BCUT2D eigenvalue weighted by Gasteiger charge is -2.13. The number of nitrogens with zero attached hydrogens (tertiary/aromatic N) is 1. The number of amidine groups is 1. The number of benzene rings is 1. The molecule has 2 rings (SSSR count). The van der Waals surface area contributed by atoms with Crippen molar-refractivity contribution in [3.63, 3.8) is 0 Å². The molecule has 7 N–H and O–H groups in total. The van der Waals surface area contributed by atoms with Crippen LogP contribution in [0.3, 0.4) is 0 Å². The molecule has 1 heterocycles. The molecule has 1 aliphatic heterocycles. The summed E-state index contributed by atoms with van der Waals surface area (Å²) in [5, 5.41) is 15.5. The van der Waals surface area contributed by atoms with E-state index in [0.717, 1.165) is 29.8 Å². The van der Waals surface area contributed by atoms with E-state index in [1.807, 2.05) is 44.5 Å². The Morgan fingerprint density at radius 1 is 1.44 bits per heavy atom.